The fourth-order valence-corrected chi connectivity index (χ4v) is 2.02. The third-order valence-electron chi connectivity index (χ3n) is 3.29. The van der Waals surface area contributed by atoms with Gasteiger partial charge in [-0.25, -0.2) is 4.79 Å². The summed E-state index contributed by atoms with van der Waals surface area (Å²) in [6.07, 6.45) is 0.300. The predicted molar refractivity (Wildman–Crippen MR) is 76.9 cm³/mol. The van der Waals surface area contributed by atoms with Crippen LogP contribution in [0.3, 0.4) is 0 Å². The lowest BCUT2D eigenvalue weighted by molar-refractivity contribution is -0.137. The zero-order chi connectivity index (χ0) is 15.9. The molecule has 3 amide bonds. The van der Waals surface area contributed by atoms with Crippen LogP contribution < -0.4 is 16.0 Å². The van der Waals surface area contributed by atoms with E-state index in [4.69, 9.17) is 5.11 Å². The van der Waals surface area contributed by atoms with Gasteiger partial charge < -0.3 is 26.0 Å². The van der Waals surface area contributed by atoms with Crippen molar-refractivity contribution < 1.29 is 19.5 Å². The second kappa shape index (κ2) is 7.82. The first-order valence-corrected chi connectivity index (χ1v) is 7.06. The number of carboxylic acid groups (broad SMARTS) is 1. The van der Waals surface area contributed by atoms with Gasteiger partial charge in [0.25, 0.3) is 0 Å². The highest BCUT2D eigenvalue weighted by molar-refractivity contribution is 5.84. The Kier molecular flexibility index (Phi) is 6.41. The van der Waals surface area contributed by atoms with Crippen molar-refractivity contribution in [3.05, 3.63) is 0 Å². The fourth-order valence-electron chi connectivity index (χ4n) is 2.02. The Morgan fingerprint density at radius 2 is 1.86 bits per heavy atom. The summed E-state index contributed by atoms with van der Waals surface area (Å²) >= 11 is 0. The molecular weight excluding hydrogens is 276 g/mol. The highest BCUT2D eigenvalue weighted by Crippen LogP contribution is 2.10. The first-order chi connectivity index (χ1) is 9.80. The average molecular weight is 300 g/mol. The highest BCUT2D eigenvalue weighted by Gasteiger charge is 2.22. The summed E-state index contributed by atoms with van der Waals surface area (Å²) < 4.78 is 0. The van der Waals surface area contributed by atoms with E-state index in [0.717, 1.165) is 13.1 Å². The summed E-state index contributed by atoms with van der Waals surface area (Å²) in [6, 6.07) is -0.464. The molecule has 8 heteroatoms. The van der Waals surface area contributed by atoms with Crippen molar-refractivity contribution in [1.82, 2.24) is 20.9 Å². The molecule has 0 aliphatic carbocycles. The number of amides is 3. The third-order valence-corrected chi connectivity index (χ3v) is 3.29. The van der Waals surface area contributed by atoms with E-state index >= 15 is 0 Å². The standard InChI is InChI=1S/C13H24N4O4/c1-13(2,4-3-11(19)20)16-12(21)15-9-10(18)17-7-5-14-6-8-17/h14H,3-9H2,1-2H3,(H,19,20)(H2,15,16,21). The molecule has 1 heterocycles. The molecule has 0 unspecified atom stereocenters. The first-order valence-electron chi connectivity index (χ1n) is 7.06. The first kappa shape index (κ1) is 17.2. The number of aliphatic carboxylic acids is 1. The van der Waals surface area contributed by atoms with Crippen molar-refractivity contribution in [2.45, 2.75) is 32.2 Å². The number of rotatable bonds is 6. The average Bonchev–Trinajstić information content (AvgIpc) is 2.43. The summed E-state index contributed by atoms with van der Waals surface area (Å²) in [5.41, 5.74) is -0.638. The minimum Gasteiger partial charge on any atom is -0.481 e. The zero-order valence-corrected chi connectivity index (χ0v) is 12.6. The molecule has 8 nitrogen and oxygen atoms in total. The Morgan fingerprint density at radius 1 is 1.24 bits per heavy atom. The van der Waals surface area contributed by atoms with Crippen molar-refractivity contribution in [3.63, 3.8) is 0 Å². The Labute approximate surface area is 124 Å². The van der Waals surface area contributed by atoms with E-state index in [1.807, 2.05) is 0 Å². The molecule has 0 saturated carbocycles. The molecule has 4 N–H and O–H groups in total. The zero-order valence-electron chi connectivity index (χ0n) is 12.6. The maximum Gasteiger partial charge on any atom is 0.315 e. The second-order valence-corrected chi connectivity index (χ2v) is 5.72. The smallest absolute Gasteiger partial charge is 0.315 e. The number of hydrogen-bond donors (Lipinski definition) is 4. The van der Waals surface area contributed by atoms with Gasteiger partial charge in [0, 0.05) is 38.1 Å². The monoisotopic (exact) mass is 300 g/mol. The summed E-state index contributed by atoms with van der Waals surface area (Å²) in [7, 11) is 0. The number of carboxylic acids is 1. The van der Waals surface area contributed by atoms with E-state index in [2.05, 4.69) is 16.0 Å². The van der Waals surface area contributed by atoms with Gasteiger partial charge in [-0.1, -0.05) is 0 Å². The van der Waals surface area contributed by atoms with Crippen LogP contribution in [0.5, 0.6) is 0 Å². The number of carbonyl (C=O) groups excluding carboxylic acids is 2. The minimum absolute atomic E-state index is 0.0208. The molecule has 0 aromatic carbocycles. The van der Waals surface area contributed by atoms with Crippen LogP contribution in [0.1, 0.15) is 26.7 Å². The van der Waals surface area contributed by atoms with Gasteiger partial charge in [0.1, 0.15) is 0 Å². The molecule has 1 rings (SSSR count). The fraction of sp³-hybridized carbons (Fsp3) is 0.769. The van der Waals surface area contributed by atoms with Gasteiger partial charge in [-0.3, -0.25) is 9.59 Å². The van der Waals surface area contributed by atoms with Gasteiger partial charge in [0.05, 0.1) is 6.54 Å². The van der Waals surface area contributed by atoms with E-state index in [-0.39, 0.29) is 18.9 Å². The lowest BCUT2D eigenvalue weighted by atomic mass is 9.99. The van der Waals surface area contributed by atoms with Crippen molar-refractivity contribution in [2.75, 3.05) is 32.7 Å². The summed E-state index contributed by atoms with van der Waals surface area (Å²) in [5, 5.41) is 17.0. The number of urea groups is 1. The lowest BCUT2D eigenvalue weighted by Crippen LogP contribution is -2.53. The van der Waals surface area contributed by atoms with E-state index in [1.54, 1.807) is 18.7 Å². The van der Waals surface area contributed by atoms with Crippen LogP contribution in [-0.4, -0.2) is 66.2 Å². The normalized spacial score (nSPS) is 15.4. The molecule has 0 aromatic heterocycles. The summed E-state index contributed by atoms with van der Waals surface area (Å²) in [5.74, 6) is -1.02. The van der Waals surface area contributed by atoms with E-state index in [0.29, 0.717) is 19.5 Å². The Balaban J connectivity index is 2.29. The summed E-state index contributed by atoms with van der Waals surface area (Å²) in [6.45, 7) is 6.25. The van der Waals surface area contributed by atoms with Crippen molar-refractivity contribution in [1.29, 1.82) is 0 Å². The Bertz CT molecular complexity index is 392. The van der Waals surface area contributed by atoms with Crippen LogP contribution >= 0.6 is 0 Å². The van der Waals surface area contributed by atoms with E-state index in [9.17, 15) is 14.4 Å². The maximum absolute atomic E-state index is 11.9. The molecule has 1 saturated heterocycles. The molecule has 0 atom stereocenters. The van der Waals surface area contributed by atoms with Gasteiger partial charge in [-0.15, -0.1) is 0 Å². The molecule has 0 spiro atoms. The summed E-state index contributed by atoms with van der Waals surface area (Å²) in [4.78, 5) is 35.8. The molecular formula is C13H24N4O4. The van der Waals surface area contributed by atoms with E-state index in [1.165, 1.54) is 0 Å². The number of nitrogens with one attached hydrogen (secondary N) is 3. The molecule has 1 fully saturated rings. The molecule has 0 bridgehead atoms. The largest absolute Gasteiger partial charge is 0.481 e. The highest BCUT2D eigenvalue weighted by atomic mass is 16.4. The molecule has 0 radical (unpaired) electrons. The van der Waals surface area contributed by atoms with E-state index < -0.39 is 17.5 Å². The quantitative estimate of drug-likeness (QED) is 0.521. The minimum atomic E-state index is -0.904. The van der Waals surface area contributed by atoms with Crippen LogP contribution in [-0.2, 0) is 9.59 Å². The second-order valence-electron chi connectivity index (χ2n) is 5.72. The van der Waals surface area contributed by atoms with Crippen LogP contribution in [0, 0.1) is 0 Å². The molecule has 1 aliphatic rings. The SMILES string of the molecule is CC(C)(CCC(=O)O)NC(=O)NCC(=O)N1CCNCC1. The molecule has 1 aliphatic heterocycles. The van der Waals surface area contributed by atoms with Gasteiger partial charge in [-0.05, 0) is 20.3 Å². The van der Waals surface area contributed by atoms with Crippen LogP contribution in [0.15, 0.2) is 0 Å². The molecule has 120 valence electrons. The number of piperazine rings is 1. The van der Waals surface area contributed by atoms with Crippen molar-refractivity contribution >= 4 is 17.9 Å². The maximum atomic E-state index is 11.9. The third kappa shape index (κ3) is 6.94. The van der Waals surface area contributed by atoms with Gasteiger partial charge in [-0.2, -0.15) is 0 Å². The van der Waals surface area contributed by atoms with Gasteiger partial charge >= 0.3 is 12.0 Å². The van der Waals surface area contributed by atoms with Crippen LogP contribution in [0.2, 0.25) is 0 Å². The topological polar surface area (TPSA) is 111 Å². The Morgan fingerprint density at radius 3 is 2.43 bits per heavy atom. The number of hydrogen-bond acceptors (Lipinski definition) is 4. The lowest BCUT2D eigenvalue weighted by Gasteiger charge is -2.28. The van der Waals surface area contributed by atoms with Gasteiger partial charge in [0.2, 0.25) is 5.91 Å². The number of carbonyl (C=O) groups is 3. The molecule has 21 heavy (non-hydrogen) atoms. The van der Waals surface area contributed by atoms with Crippen molar-refractivity contribution in [3.8, 4) is 0 Å². The molecule has 0 aromatic rings. The predicted octanol–water partition coefficient (Wildman–Crippen LogP) is -0.639. The van der Waals surface area contributed by atoms with Crippen LogP contribution in [0.25, 0.3) is 0 Å². The number of nitrogens with zero attached hydrogens (tertiary/aromatic N) is 1. The van der Waals surface area contributed by atoms with Crippen LogP contribution in [0.4, 0.5) is 4.79 Å². The Hall–Kier alpha value is -1.83. The van der Waals surface area contributed by atoms with Gasteiger partial charge in [0.15, 0.2) is 0 Å². The van der Waals surface area contributed by atoms with Crippen molar-refractivity contribution in [2.24, 2.45) is 0 Å².